The summed E-state index contributed by atoms with van der Waals surface area (Å²) in [6, 6.07) is 0. The minimum Gasteiger partial charge on any atom is -0.299 e. The first kappa shape index (κ1) is 13.3. The first-order chi connectivity index (χ1) is 8.40. The summed E-state index contributed by atoms with van der Waals surface area (Å²) in [5, 5.41) is 0. The summed E-state index contributed by atoms with van der Waals surface area (Å²) in [4.78, 5) is 24.5. The van der Waals surface area contributed by atoms with E-state index in [9.17, 15) is 9.59 Å². The van der Waals surface area contributed by atoms with Crippen molar-refractivity contribution in [3.8, 4) is 0 Å². The molecule has 0 bridgehead atoms. The van der Waals surface area contributed by atoms with Gasteiger partial charge in [-0.15, -0.1) is 13.2 Å². The molecule has 0 saturated heterocycles. The summed E-state index contributed by atoms with van der Waals surface area (Å²) < 4.78 is 0. The Morgan fingerprint density at radius 3 is 1.61 bits per heavy atom. The zero-order chi connectivity index (χ0) is 13.6. The Labute approximate surface area is 109 Å². The molecule has 2 nitrogen and oxygen atoms in total. The minimum absolute atomic E-state index is 0.0289. The van der Waals surface area contributed by atoms with E-state index in [0.29, 0.717) is 37.2 Å². The van der Waals surface area contributed by atoms with E-state index in [1.165, 1.54) is 0 Å². The quantitative estimate of drug-likeness (QED) is 0.713. The molecule has 2 rings (SSSR count). The number of allylic oxidation sites excluding steroid dienone is 2. The Morgan fingerprint density at radius 2 is 1.33 bits per heavy atom. The molecule has 0 spiro atoms. The molecule has 0 aromatic carbocycles. The van der Waals surface area contributed by atoms with Crippen LogP contribution in [0.3, 0.4) is 0 Å². The number of ketones is 2. The monoisotopic (exact) mass is 246 g/mol. The fourth-order valence-corrected chi connectivity index (χ4v) is 4.24. The summed E-state index contributed by atoms with van der Waals surface area (Å²) in [5.74, 6) is 0.556. The van der Waals surface area contributed by atoms with Gasteiger partial charge >= 0.3 is 0 Å². The topological polar surface area (TPSA) is 34.1 Å². The molecule has 0 N–H and O–H groups in total. The average Bonchev–Trinajstić information content (AvgIpc) is 2.58. The van der Waals surface area contributed by atoms with Gasteiger partial charge in [-0.25, -0.2) is 0 Å². The van der Waals surface area contributed by atoms with Gasteiger partial charge in [-0.05, 0) is 23.7 Å². The lowest BCUT2D eigenvalue weighted by atomic mass is 9.63. The van der Waals surface area contributed by atoms with Crippen LogP contribution in [0.1, 0.15) is 39.5 Å². The van der Waals surface area contributed by atoms with E-state index in [0.717, 1.165) is 0 Å². The molecule has 2 heteroatoms. The van der Waals surface area contributed by atoms with E-state index in [4.69, 9.17) is 0 Å². The molecule has 2 aliphatic carbocycles. The van der Waals surface area contributed by atoms with Gasteiger partial charge in [0.1, 0.15) is 11.6 Å². The van der Waals surface area contributed by atoms with Crippen molar-refractivity contribution < 1.29 is 9.59 Å². The Kier molecular flexibility index (Phi) is 3.08. The predicted molar refractivity (Wildman–Crippen MR) is 72.1 cm³/mol. The van der Waals surface area contributed by atoms with Crippen LogP contribution < -0.4 is 0 Å². The van der Waals surface area contributed by atoms with Gasteiger partial charge in [0.05, 0.1) is 0 Å². The maximum absolute atomic E-state index is 12.3. The highest BCUT2D eigenvalue weighted by Gasteiger charge is 2.66. The van der Waals surface area contributed by atoms with Gasteiger partial charge in [0.25, 0.3) is 0 Å². The van der Waals surface area contributed by atoms with Crippen molar-refractivity contribution in [1.29, 1.82) is 0 Å². The van der Waals surface area contributed by atoms with Crippen molar-refractivity contribution in [1.82, 2.24) is 0 Å². The highest BCUT2D eigenvalue weighted by molar-refractivity contribution is 5.94. The van der Waals surface area contributed by atoms with Gasteiger partial charge in [0, 0.05) is 24.7 Å². The van der Waals surface area contributed by atoms with Gasteiger partial charge in [-0.3, -0.25) is 9.59 Å². The SMILES string of the molecule is C=CC[C@@H]1C(=O)C[C@]2(C)[C@H](CC=C)C(=O)C[C@]12C. The average molecular weight is 246 g/mol. The molecule has 4 atom stereocenters. The Morgan fingerprint density at radius 1 is 1.00 bits per heavy atom. The van der Waals surface area contributed by atoms with Crippen molar-refractivity contribution in [2.75, 3.05) is 0 Å². The van der Waals surface area contributed by atoms with E-state index in [1.54, 1.807) is 0 Å². The number of carbonyl (C=O) groups is 2. The van der Waals surface area contributed by atoms with Crippen LogP contribution in [0.25, 0.3) is 0 Å². The van der Waals surface area contributed by atoms with E-state index < -0.39 is 0 Å². The molecule has 0 unspecified atom stereocenters. The highest BCUT2D eigenvalue weighted by atomic mass is 16.1. The van der Waals surface area contributed by atoms with Crippen LogP contribution in [-0.2, 0) is 9.59 Å². The molecule has 98 valence electrons. The summed E-state index contributed by atoms with van der Waals surface area (Å²) in [7, 11) is 0. The van der Waals surface area contributed by atoms with Crippen molar-refractivity contribution in [3.05, 3.63) is 25.3 Å². The van der Waals surface area contributed by atoms with Crippen LogP contribution in [0.4, 0.5) is 0 Å². The summed E-state index contributed by atoms with van der Waals surface area (Å²) >= 11 is 0. The Hall–Kier alpha value is -1.18. The third-order valence-corrected chi connectivity index (χ3v) is 5.51. The van der Waals surface area contributed by atoms with Crippen LogP contribution in [-0.4, -0.2) is 11.6 Å². The van der Waals surface area contributed by atoms with E-state index >= 15 is 0 Å². The lowest BCUT2D eigenvalue weighted by Gasteiger charge is -2.39. The largest absolute Gasteiger partial charge is 0.299 e. The maximum Gasteiger partial charge on any atom is 0.137 e. The van der Waals surface area contributed by atoms with E-state index in [2.05, 4.69) is 27.0 Å². The predicted octanol–water partition coefficient (Wildman–Crippen LogP) is 3.33. The molecule has 2 saturated carbocycles. The molecule has 0 aromatic rings. The molecule has 2 aliphatic rings. The van der Waals surface area contributed by atoms with Gasteiger partial charge < -0.3 is 0 Å². The molecule has 0 amide bonds. The molecular weight excluding hydrogens is 224 g/mol. The summed E-state index contributed by atoms with van der Waals surface area (Å²) in [5.41, 5.74) is -0.383. The first-order valence-corrected chi connectivity index (χ1v) is 6.68. The summed E-state index contributed by atoms with van der Waals surface area (Å²) in [6.45, 7) is 11.7. The summed E-state index contributed by atoms with van der Waals surface area (Å²) in [6.07, 6.45) is 6.08. The molecular formula is C16H22O2. The van der Waals surface area contributed by atoms with Crippen LogP contribution in [0, 0.1) is 22.7 Å². The van der Waals surface area contributed by atoms with Gasteiger partial charge in [0.2, 0.25) is 0 Å². The first-order valence-electron chi connectivity index (χ1n) is 6.68. The fraction of sp³-hybridized carbons (Fsp3) is 0.625. The Bertz CT molecular complexity index is 383. The molecule has 0 radical (unpaired) electrons. The molecule has 0 aromatic heterocycles. The fourth-order valence-electron chi connectivity index (χ4n) is 4.24. The van der Waals surface area contributed by atoms with Crippen molar-refractivity contribution in [2.24, 2.45) is 22.7 Å². The normalized spacial score (nSPS) is 43.0. The zero-order valence-corrected chi connectivity index (χ0v) is 11.4. The number of carbonyl (C=O) groups excluding carboxylic acids is 2. The number of fused-ring (bicyclic) bond motifs is 1. The van der Waals surface area contributed by atoms with Crippen molar-refractivity contribution in [2.45, 2.75) is 39.5 Å². The van der Waals surface area contributed by atoms with E-state index in [1.807, 2.05) is 12.2 Å². The smallest absolute Gasteiger partial charge is 0.137 e. The molecule has 0 aliphatic heterocycles. The molecule has 0 heterocycles. The number of hydrogen-bond acceptors (Lipinski definition) is 2. The van der Waals surface area contributed by atoms with Crippen molar-refractivity contribution in [3.63, 3.8) is 0 Å². The third-order valence-electron chi connectivity index (χ3n) is 5.51. The Balaban J connectivity index is 2.43. The van der Waals surface area contributed by atoms with Crippen LogP contribution in [0.5, 0.6) is 0 Å². The number of Topliss-reactive ketones (excluding diaryl/α,β-unsaturated/α-hetero) is 2. The van der Waals surface area contributed by atoms with Crippen molar-refractivity contribution >= 4 is 11.6 Å². The lowest BCUT2D eigenvalue weighted by Crippen LogP contribution is -2.35. The number of hydrogen-bond donors (Lipinski definition) is 0. The lowest BCUT2D eigenvalue weighted by molar-refractivity contribution is -0.125. The minimum atomic E-state index is -0.191. The van der Waals surface area contributed by atoms with Gasteiger partial charge in [0.15, 0.2) is 0 Å². The van der Waals surface area contributed by atoms with Gasteiger partial charge in [-0.1, -0.05) is 26.0 Å². The van der Waals surface area contributed by atoms with E-state index in [-0.39, 0.29) is 22.7 Å². The zero-order valence-electron chi connectivity index (χ0n) is 11.4. The number of rotatable bonds is 4. The standard InChI is InChI=1S/C16H22O2/c1-5-7-11-13(17)9-16(4)12(8-6-2)14(18)10-15(11,16)3/h5-6,11-12H,1-2,7-10H2,3-4H3/t11-,12-,15-,16-/m1/s1. The molecule has 18 heavy (non-hydrogen) atoms. The second-order valence-corrected chi connectivity index (χ2v) is 6.28. The highest BCUT2D eigenvalue weighted by Crippen LogP contribution is 2.66. The third kappa shape index (κ3) is 1.47. The van der Waals surface area contributed by atoms with Gasteiger partial charge in [-0.2, -0.15) is 0 Å². The molecule has 2 fully saturated rings. The van der Waals surface area contributed by atoms with Crippen LogP contribution in [0.15, 0.2) is 25.3 Å². The maximum atomic E-state index is 12.3. The second kappa shape index (κ2) is 4.18. The van der Waals surface area contributed by atoms with Crippen LogP contribution >= 0.6 is 0 Å². The van der Waals surface area contributed by atoms with Crippen LogP contribution in [0.2, 0.25) is 0 Å². The second-order valence-electron chi connectivity index (χ2n) is 6.28.